The van der Waals surface area contributed by atoms with E-state index in [0.717, 1.165) is 0 Å². The summed E-state index contributed by atoms with van der Waals surface area (Å²) in [5, 5.41) is 0. The van der Waals surface area contributed by atoms with Gasteiger partial charge in [0.25, 0.3) is 0 Å². The van der Waals surface area contributed by atoms with E-state index in [2.05, 4.69) is 59.2 Å². The molecular formula is C4H6CuO2S4. The Morgan fingerprint density at radius 2 is 1.09 bits per heavy atom. The molecule has 0 amide bonds. The van der Waals surface area contributed by atoms with E-state index in [1.54, 1.807) is 0 Å². The molecule has 0 fully saturated rings. The van der Waals surface area contributed by atoms with Gasteiger partial charge in [-0.2, -0.15) is 0 Å². The van der Waals surface area contributed by atoms with Crippen LogP contribution in [0.5, 0.6) is 0 Å². The summed E-state index contributed by atoms with van der Waals surface area (Å²) in [7, 11) is 2.91. The van der Waals surface area contributed by atoms with Crippen LogP contribution in [0.15, 0.2) is 0 Å². The van der Waals surface area contributed by atoms with Gasteiger partial charge < -0.3 is 59.2 Å². The third kappa shape index (κ3) is 36.5. The first-order valence-corrected chi connectivity index (χ1v) is 3.67. The number of methoxy groups -OCH3 is 2. The average molecular weight is 278 g/mol. The smallest absolute Gasteiger partial charge is 0.517 e. The summed E-state index contributed by atoms with van der Waals surface area (Å²) in [6, 6.07) is 0. The Morgan fingerprint density at radius 3 is 1.09 bits per heavy atom. The molecule has 1 radical (unpaired) electrons. The number of ether oxygens (including phenoxy) is 2. The molecule has 2 nitrogen and oxygen atoms in total. The molecule has 0 aliphatic rings. The maximum atomic E-state index is 4.30. The summed E-state index contributed by atoms with van der Waals surface area (Å²) in [6.45, 7) is 0. The third-order valence-electron chi connectivity index (χ3n) is 0.333. The van der Waals surface area contributed by atoms with Gasteiger partial charge in [-0.15, -0.1) is 0 Å². The predicted octanol–water partition coefficient (Wildman–Crippen LogP) is 0.927. The summed E-state index contributed by atoms with van der Waals surface area (Å²) in [6.07, 6.45) is 0. The summed E-state index contributed by atoms with van der Waals surface area (Å²) < 4.78 is 8.94. The van der Waals surface area contributed by atoms with Gasteiger partial charge in [0.2, 0.25) is 0 Å². The van der Waals surface area contributed by atoms with Gasteiger partial charge in [-0.3, -0.25) is 0 Å². The number of hydrogen-bond acceptors (Lipinski definition) is 6. The normalized spacial score (nSPS) is 6.00. The summed E-state index contributed by atoms with van der Waals surface area (Å²) in [5.41, 5.74) is 0. The monoisotopic (exact) mass is 277 g/mol. The largest absolute Gasteiger partial charge is 2.00 e. The van der Waals surface area contributed by atoms with Gasteiger partial charge in [-0.1, -0.05) is 0 Å². The Bertz CT molecular complexity index is 105. The van der Waals surface area contributed by atoms with Gasteiger partial charge in [0, 0.05) is 8.77 Å². The third-order valence-corrected chi connectivity index (χ3v) is 1.00. The molecule has 0 aromatic carbocycles. The summed E-state index contributed by atoms with van der Waals surface area (Å²) in [5.74, 6) is 0. The van der Waals surface area contributed by atoms with Gasteiger partial charge in [-0.25, -0.2) is 0 Å². The molecular weight excluding hydrogens is 272 g/mol. The van der Waals surface area contributed by atoms with Crippen LogP contribution in [0, 0.1) is 0 Å². The van der Waals surface area contributed by atoms with Crippen LogP contribution in [0.3, 0.4) is 0 Å². The first-order chi connectivity index (χ1) is 4.54. The van der Waals surface area contributed by atoms with Gasteiger partial charge in [0.1, 0.15) is 0 Å². The van der Waals surface area contributed by atoms with Crippen LogP contribution in [-0.4, -0.2) is 23.0 Å². The molecule has 0 spiro atoms. The van der Waals surface area contributed by atoms with Gasteiger partial charge in [-0.05, 0) is 0 Å². The van der Waals surface area contributed by atoms with Crippen molar-refractivity contribution in [3.05, 3.63) is 0 Å². The van der Waals surface area contributed by atoms with Crippen molar-refractivity contribution in [3.63, 3.8) is 0 Å². The van der Waals surface area contributed by atoms with E-state index in [1.807, 2.05) is 0 Å². The minimum absolute atomic E-state index is 0. The van der Waals surface area contributed by atoms with Crippen molar-refractivity contribution in [2.75, 3.05) is 14.2 Å². The number of thiocarbonyl (C=S) groups is 2. The number of rotatable bonds is 0. The zero-order chi connectivity index (χ0) is 8.57. The second-order valence-electron chi connectivity index (χ2n) is 0.908. The Kier molecular flexibility index (Phi) is 21.5. The fourth-order valence-corrected chi connectivity index (χ4v) is 0. The minimum atomic E-state index is 0. The van der Waals surface area contributed by atoms with Crippen LogP contribution in [0.1, 0.15) is 0 Å². The maximum Gasteiger partial charge on any atom is 2.00 e. The molecule has 0 N–H and O–H groups in total. The predicted molar refractivity (Wildman–Crippen MR) is 53.9 cm³/mol. The Balaban J connectivity index is -0.000000107. The van der Waals surface area contributed by atoms with Crippen molar-refractivity contribution in [1.29, 1.82) is 0 Å². The molecule has 0 saturated carbocycles. The molecule has 0 rings (SSSR count). The molecule has 69 valence electrons. The summed E-state index contributed by atoms with van der Waals surface area (Å²) >= 11 is 17.2. The SMILES string of the molecule is COC(=S)[S-].COC(=S)[S-].[Cu+2]. The minimum Gasteiger partial charge on any atom is -0.517 e. The van der Waals surface area contributed by atoms with Crippen molar-refractivity contribution in [2.45, 2.75) is 0 Å². The van der Waals surface area contributed by atoms with Crippen molar-refractivity contribution >= 4 is 58.5 Å². The second kappa shape index (κ2) is 13.3. The molecule has 0 saturated heterocycles. The van der Waals surface area contributed by atoms with Gasteiger partial charge in [0.15, 0.2) is 0 Å². The van der Waals surface area contributed by atoms with Crippen molar-refractivity contribution in [1.82, 2.24) is 0 Å². The molecule has 0 aromatic rings. The molecule has 0 bridgehead atoms. The van der Waals surface area contributed by atoms with Crippen molar-refractivity contribution < 1.29 is 26.5 Å². The quantitative estimate of drug-likeness (QED) is 0.370. The van der Waals surface area contributed by atoms with Crippen LogP contribution in [-0.2, 0) is 51.8 Å². The van der Waals surface area contributed by atoms with Crippen LogP contribution < -0.4 is 0 Å². The fraction of sp³-hybridized carbons (Fsp3) is 0.500. The molecule has 0 aliphatic carbocycles. The van der Waals surface area contributed by atoms with E-state index < -0.39 is 0 Å². The molecule has 0 aliphatic heterocycles. The molecule has 7 heteroatoms. The summed E-state index contributed by atoms with van der Waals surface area (Å²) in [4.78, 5) is 0. The molecule has 0 unspecified atom stereocenters. The van der Waals surface area contributed by atoms with E-state index >= 15 is 0 Å². The van der Waals surface area contributed by atoms with Crippen LogP contribution >= 0.6 is 24.4 Å². The second-order valence-corrected chi connectivity index (χ2v) is 2.91. The van der Waals surface area contributed by atoms with Gasteiger partial charge >= 0.3 is 17.1 Å². The zero-order valence-corrected chi connectivity index (χ0v) is 9.96. The van der Waals surface area contributed by atoms with E-state index in [9.17, 15) is 0 Å². The first kappa shape index (κ1) is 17.7. The van der Waals surface area contributed by atoms with Crippen molar-refractivity contribution in [3.8, 4) is 0 Å². The maximum absolute atomic E-state index is 4.30. The van der Waals surface area contributed by atoms with Crippen LogP contribution in [0.25, 0.3) is 0 Å². The Morgan fingerprint density at radius 1 is 1.00 bits per heavy atom. The van der Waals surface area contributed by atoms with Gasteiger partial charge in [0.05, 0.1) is 14.2 Å². The average Bonchev–Trinajstić information content (AvgIpc) is 1.89. The molecule has 0 atom stereocenters. The zero-order valence-electron chi connectivity index (χ0n) is 5.75. The van der Waals surface area contributed by atoms with Crippen LogP contribution in [0.4, 0.5) is 0 Å². The molecule has 0 heterocycles. The first-order valence-electron chi connectivity index (χ1n) is 2.04. The van der Waals surface area contributed by atoms with E-state index in [0.29, 0.717) is 0 Å². The topological polar surface area (TPSA) is 18.5 Å². The van der Waals surface area contributed by atoms with E-state index in [-0.39, 0.29) is 25.8 Å². The number of hydrogen-bond donors (Lipinski definition) is 0. The van der Waals surface area contributed by atoms with Crippen molar-refractivity contribution in [2.24, 2.45) is 0 Å². The standard InChI is InChI=1S/2C2H4OS2.Cu/c2*1-3-2(4)5;/h2*1H3,(H,4,5);/q;;+2/p-2. The van der Waals surface area contributed by atoms with E-state index in [1.165, 1.54) is 14.2 Å². The Labute approximate surface area is 98.7 Å². The fourth-order valence-electron chi connectivity index (χ4n) is 0. The molecule has 11 heavy (non-hydrogen) atoms. The molecule has 0 aromatic heterocycles. The Hall–Kier alpha value is 0.739. The van der Waals surface area contributed by atoms with E-state index in [4.69, 9.17) is 0 Å². The van der Waals surface area contributed by atoms with Crippen LogP contribution in [0.2, 0.25) is 0 Å².